The molecule has 134 valence electrons. The van der Waals surface area contributed by atoms with Crippen molar-refractivity contribution in [3.8, 4) is 0 Å². The fourth-order valence-corrected chi connectivity index (χ4v) is 2.77. The van der Waals surface area contributed by atoms with Crippen LogP contribution < -0.4 is 0 Å². The van der Waals surface area contributed by atoms with Crippen molar-refractivity contribution < 1.29 is 40.7 Å². The number of piperidine rings is 1. The molecule has 11 heteroatoms. The quantitative estimate of drug-likeness (QED) is 0.585. The van der Waals surface area contributed by atoms with Gasteiger partial charge in [0.05, 0.1) is 13.0 Å². The van der Waals surface area contributed by atoms with Crippen LogP contribution in [0.25, 0.3) is 0 Å². The third kappa shape index (κ3) is 8.97. The Morgan fingerprint density at radius 2 is 1.64 bits per heavy atom. The largest absolute Gasteiger partial charge is 0.401 e. The van der Waals surface area contributed by atoms with Crippen LogP contribution >= 0.6 is 8.25 Å². The second-order valence-corrected chi connectivity index (χ2v) is 6.12. The number of rotatable bonds is 2. The first-order valence-electron chi connectivity index (χ1n) is 6.48. The van der Waals surface area contributed by atoms with Gasteiger partial charge in [0.25, 0.3) is 0 Å². The molecular formula is C11H20F6NO3P. The predicted octanol–water partition coefficient (Wildman–Crippen LogP) is 3.49. The molecule has 0 radical (unpaired) electrons. The molecular weight excluding hydrogens is 339 g/mol. The molecule has 1 saturated heterocycles. The van der Waals surface area contributed by atoms with Gasteiger partial charge in [0.15, 0.2) is 0 Å². The van der Waals surface area contributed by atoms with Crippen molar-refractivity contribution in [3.05, 3.63) is 0 Å². The molecule has 2 unspecified atom stereocenters. The van der Waals surface area contributed by atoms with Crippen LogP contribution in [0.2, 0.25) is 0 Å². The Bertz CT molecular complexity index is 372. The highest BCUT2D eigenvalue weighted by molar-refractivity contribution is 7.30. The SMILES string of the molecule is CC1CCCC(C)(CC(F)(F)F)N1CC(F)(F)F.O=[PH](O)O. The van der Waals surface area contributed by atoms with Crippen LogP contribution in [0, 0.1) is 0 Å². The van der Waals surface area contributed by atoms with Crippen molar-refractivity contribution in [2.75, 3.05) is 6.54 Å². The third-order valence-electron chi connectivity index (χ3n) is 3.49. The molecule has 0 bridgehead atoms. The van der Waals surface area contributed by atoms with Crippen LogP contribution in [0.3, 0.4) is 0 Å². The van der Waals surface area contributed by atoms with Gasteiger partial charge in [-0.2, -0.15) is 26.3 Å². The lowest BCUT2D eigenvalue weighted by atomic mass is 9.82. The van der Waals surface area contributed by atoms with E-state index in [-0.39, 0.29) is 6.42 Å². The second kappa shape index (κ2) is 7.99. The van der Waals surface area contributed by atoms with Gasteiger partial charge in [0, 0.05) is 11.6 Å². The van der Waals surface area contributed by atoms with E-state index in [9.17, 15) is 26.3 Å². The van der Waals surface area contributed by atoms with Crippen molar-refractivity contribution in [1.82, 2.24) is 4.90 Å². The maximum Gasteiger partial charge on any atom is 0.401 e. The summed E-state index contributed by atoms with van der Waals surface area (Å²) < 4.78 is 83.7. The van der Waals surface area contributed by atoms with Crippen molar-refractivity contribution in [2.24, 2.45) is 0 Å². The van der Waals surface area contributed by atoms with E-state index in [1.54, 1.807) is 6.92 Å². The maximum absolute atomic E-state index is 12.5. The standard InChI is InChI=1S/C11H17F6N.H3O3P/c1-8-4-3-5-9(2,6-10(12,13)14)18(8)7-11(15,16)17;1-4(2)3/h8H,3-7H2,1-2H3;4H,(H2,1,2,3). The summed E-state index contributed by atoms with van der Waals surface area (Å²) in [6.45, 7) is 1.56. The molecule has 0 spiro atoms. The Labute approximate surface area is 125 Å². The van der Waals surface area contributed by atoms with Crippen LogP contribution in [0.15, 0.2) is 0 Å². The summed E-state index contributed by atoms with van der Waals surface area (Å²) in [6.07, 6.45) is -8.94. The van der Waals surface area contributed by atoms with E-state index in [4.69, 9.17) is 14.4 Å². The van der Waals surface area contributed by atoms with Crippen LogP contribution in [0.1, 0.15) is 39.5 Å². The van der Waals surface area contributed by atoms with E-state index in [1.165, 1.54) is 6.92 Å². The summed E-state index contributed by atoms with van der Waals surface area (Å²) in [5.74, 6) is 0. The minimum absolute atomic E-state index is 0.146. The Hall–Kier alpha value is -0.310. The van der Waals surface area contributed by atoms with Gasteiger partial charge < -0.3 is 9.79 Å². The third-order valence-corrected chi connectivity index (χ3v) is 3.49. The molecule has 0 aromatic carbocycles. The van der Waals surface area contributed by atoms with Gasteiger partial charge >= 0.3 is 20.6 Å². The van der Waals surface area contributed by atoms with E-state index >= 15 is 0 Å². The highest BCUT2D eigenvalue weighted by Gasteiger charge is 2.49. The summed E-state index contributed by atoms with van der Waals surface area (Å²) in [4.78, 5) is 15.3. The number of hydrogen-bond donors (Lipinski definition) is 2. The van der Waals surface area contributed by atoms with Crippen LogP contribution in [0.4, 0.5) is 26.3 Å². The lowest BCUT2D eigenvalue weighted by molar-refractivity contribution is -0.200. The van der Waals surface area contributed by atoms with Crippen molar-refractivity contribution >= 4 is 8.25 Å². The molecule has 1 heterocycles. The highest BCUT2D eigenvalue weighted by Crippen LogP contribution is 2.41. The zero-order valence-corrected chi connectivity index (χ0v) is 13.1. The topological polar surface area (TPSA) is 60.8 Å². The summed E-state index contributed by atoms with van der Waals surface area (Å²) in [5, 5.41) is 0. The minimum Gasteiger partial charge on any atom is -0.326 e. The van der Waals surface area contributed by atoms with Gasteiger partial charge in [-0.3, -0.25) is 9.46 Å². The van der Waals surface area contributed by atoms with Crippen molar-refractivity contribution in [1.29, 1.82) is 0 Å². The highest BCUT2D eigenvalue weighted by atomic mass is 31.1. The van der Waals surface area contributed by atoms with Gasteiger partial charge in [-0.05, 0) is 26.7 Å². The average Bonchev–Trinajstić information content (AvgIpc) is 2.19. The first-order chi connectivity index (χ1) is 9.66. The molecule has 4 nitrogen and oxygen atoms in total. The molecule has 0 saturated carbocycles. The average molecular weight is 359 g/mol. The molecule has 0 aromatic rings. The molecule has 0 aliphatic carbocycles. The molecule has 2 atom stereocenters. The fourth-order valence-electron chi connectivity index (χ4n) is 2.77. The Balaban J connectivity index is 0.000000980. The zero-order valence-electron chi connectivity index (χ0n) is 12.1. The number of alkyl halides is 6. The monoisotopic (exact) mass is 359 g/mol. The minimum atomic E-state index is -4.47. The molecule has 2 N–H and O–H groups in total. The van der Waals surface area contributed by atoms with Gasteiger partial charge in [-0.1, -0.05) is 6.42 Å². The summed E-state index contributed by atoms with van der Waals surface area (Å²) in [7, 11) is -3.13. The first-order valence-corrected chi connectivity index (χ1v) is 7.79. The van der Waals surface area contributed by atoms with Gasteiger partial charge in [0.2, 0.25) is 0 Å². The van der Waals surface area contributed by atoms with E-state index in [0.29, 0.717) is 12.8 Å². The number of likely N-dealkylation sites (tertiary alicyclic amines) is 1. The lowest BCUT2D eigenvalue weighted by Gasteiger charge is -2.49. The molecule has 22 heavy (non-hydrogen) atoms. The molecule has 1 aliphatic heterocycles. The fraction of sp³-hybridized carbons (Fsp3) is 1.00. The van der Waals surface area contributed by atoms with Crippen LogP contribution in [0.5, 0.6) is 0 Å². The van der Waals surface area contributed by atoms with Crippen LogP contribution in [-0.2, 0) is 4.57 Å². The predicted molar refractivity (Wildman–Crippen MR) is 68.6 cm³/mol. The summed E-state index contributed by atoms with van der Waals surface area (Å²) >= 11 is 0. The zero-order chi connectivity index (χ0) is 17.8. The van der Waals surface area contributed by atoms with Gasteiger partial charge in [-0.25, -0.2) is 0 Å². The number of halogens is 6. The second-order valence-electron chi connectivity index (χ2n) is 5.56. The Morgan fingerprint density at radius 1 is 1.18 bits per heavy atom. The van der Waals surface area contributed by atoms with Crippen molar-refractivity contribution in [2.45, 2.75) is 63.5 Å². The van der Waals surface area contributed by atoms with Crippen molar-refractivity contribution in [3.63, 3.8) is 0 Å². The van der Waals surface area contributed by atoms with E-state index < -0.39 is 45.2 Å². The smallest absolute Gasteiger partial charge is 0.326 e. The molecule has 0 amide bonds. The molecule has 1 rings (SSSR count). The van der Waals surface area contributed by atoms with E-state index in [0.717, 1.165) is 4.90 Å². The lowest BCUT2D eigenvalue weighted by Crippen LogP contribution is -2.58. The molecule has 0 aromatic heterocycles. The summed E-state index contributed by atoms with van der Waals surface area (Å²) in [5.41, 5.74) is -1.45. The first kappa shape index (κ1) is 21.7. The van der Waals surface area contributed by atoms with Gasteiger partial charge in [0.1, 0.15) is 0 Å². The number of hydrogen-bond acceptors (Lipinski definition) is 2. The normalized spacial score (nSPS) is 27.5. The number of nitrogens with zero attached hydrogens (tertiary/aromatic N) is 1. The Morgan fingerprint density at radius 3 is 2.00 bits per heavy atom. The van der Waals surface area contributed by atoms with E-state index in [1.807, 2.05) is 0 Å². The Kier molecular flexibility index (Phi) is 7.87. The molecule has 1 fully saturated rings. The van der Waals surface area contributed by atoms with Crippen LogP contribution in [-0.4, -0.2) is 45.2 Å². The van der Waals surface area contributed by atoms with E-state index in [2.05, 4.69) is 0 Å². The maximum atomic E-state index is 12.5. The van der Waals surface area contributed by atoms with Gasteiger partial charge in [-0.15, -0.1) is 0 Å². The molecule has 1 aliphatic rings. The summed E-state index contributed by atoms with van der Waals surface area (Å²) in [6, 6.07) is -0.479.